The number of benzene rings is 2. The highest BCUT2D eigenvalue weighted by atomic mass is 19.1. The molecule has 2 aromatic rings. The first-order valence-corrected chi connectivity index (χ1v) is 10.6. The quantitative estimate of drug-likeness (QED) is 0.296. The number of carbonyl (C=O) groups is 3. The van der Waals surface area contributed by atoms with Gasteiger partial charge in [0.05, 0.1) is 29.9 Å². The predicted molar refractivity (Wildman–Crippen MR) is 113 cm³/mol. The van der Waals surface area contributed by atoms with Gasteiger partial charge < -0.3 is 4.74 Å². The van der Waals surface area contributed by atoms with Crippen LogP contribution in [0.3, 0.4) is 0 Å². The summed E-state index contributed by atoms with van der Waals surface area (Å²) in [6.45, 7) is 0.579. The Kier molecular flexibility index (Phi) is 4.97. The fraction of sp³-hybridized carbons (Fsp3) is 0.348. The van der Waals surface area contributed by atoms with E-state index in [0.29, 0.717) is 13.0 Å². The normalized spacial score (nSPS) is 26.4. The zero-order valence-electron chi connectivity index (χ0n) is 17.6. The molecular formula is C23H20FN3O6. The van der Waals surface area contributed by atoms with Gasteiger partial charge in [-0.1, -0.05) is 0 Å². The van der Waals surface area contributed by atoms with Gasteiger partial charge in [0.2, 0.25) is 11.8 Å². The van der Waals surface area contributed by atoms with E-state index in [-0.39, 0.29) is 34.5 Å². The fourth-order valence-electron chi connectivity index (χ4n) is 5.50. The molecule has 0 aromatic heterocycles. The number of halogens is 1. The number of nitrogens with zero attached hydrogens (tertiary/aromatic N) is 3. The molecule has 0 unspecified atom stereocenters. The molecule has 3 heterocycles. The number of amides is 2. The summed E-state index contributed by atoms with van der Waals surface area (Å²) in [6.07, 6.45) is 1.44. The monoisotopic (exact) mass is 453 g/mol. The number of hydrogen-bond acceptors (Lipinski definition) is 7. The van der Waals surface area contributed by atoms with Gasteiger partial charge in [0.15, 0.2) is 5.78 Å². The molecule has 0 bridgehead atoms. The van der Waals surface area contributed by atoms with Crippen molar-refractivity contribution in [1.82, 2.24) is 4.90 Å². The number of methoxy groups -OCH3 is 1. The van der Waals surface area contributed by atoms with Crippen molar-refractivity contribution in [2.45, 2.75) is 24.9 Å². The maximum absolute atomic E-state index is 13.6. The minimum absolute atomic E-state index is 0.00590. The van der Waals surface area contributed by atoms with Crippen LogP contribution in [0.5, 0.6) is 5.75 Å². The Bertz CT molecular complexity index is 1180. The van der Waals surface area contributed by atoms with Crippen molar-refractivity contribution < 1.29 is 28.4 Å². The van der Waals surface area contributed by atoms with Crippen LogP contribution in [0.1, 0.15) is 23.2 Å². The molecule has 33 heavy (non-hydrogen) atoms. The molecule has 3 fully saturated rings. The lowest BCUT2D eigenvalue weighted by Gasteiger charge is -2.28. The standard InChI is InChI=1S/C23H20FN3O6/c1-33-17-9-8-14(27(31)32)11-16(17)26-22(29)18-15-3-2-10-25(15)20(19(18)23(26)30)21(28)12-4-6-13(24)7-5-12/h4-9,11,15,18-20H,2-3,10H2,1H3/t15-,18-,19+,20-/m0/s1. The number of anilines is 1. The Balaban J connectivity index is 1.58. The lowest BCUT2D eigenvalue weighted by molar-refractivity contribution is -0.384. The molecule has 3 saturated heterocycles. The third kappa shape index (κ3) is 3.12. The molecule has 2 aromatic carbocycles. The zero-order chi connectivity index (χ0) is 23.4. The van der Waals surface area contributed by atoms with Crippen LogP contribution >= 0.6 is 0 Å². The van der Waals surface area contributed by atoms with E-state index in [1.807, 2.05) is 4.90 Å². The molecule has 5 rings (SSSR count). The highest BCUT2D eigenvalue weighted by Crippen LogP contribution is 2.50. The van der Waals surface area contributed by atoms with Crippen molar-refractivity contribution in [3.05, 3.63) is 64.0 Å². The minimum atomic E-state index is -0.927. The highest BCUT2D eigenvalue weighted by Gasteiger charge is 2.65. The summed E-state index contributed by atoms with van der Waals surface area (Å²) in [5, 5.41) is 11.3. The lowest BCUT2D eigenvalue weighted by Crippen LogP contribution is -2.46. The van der Waals surface area contributed by atoms with E-state index in [0.717, 1.165) is 17.4 Å². The summed E-state index contributed by atoms with van der Waals surface area (Å²) in [7, 11) is 1.34. The second-order valence-electron chi connectivity index (χ2n) is 8.44. The van der Waals surface area contributed by atoms with Crippen LogP contribution in [0.2, 0.25) is 0 Å². The third-order valence-electron chi connectivity index (χ3n) is 6.86. The number of ketones is 1. The maximum atomic E-state index is 13.6. The summed E-state index contributed by atoms with van der Waals surface area (Å²) >= 11 is 0. The molecule has 3 aliphatic heterocycles. The van der Waals surface area contributed by atoms with E-state index in [1.54, 1.807) is 0 Å². The molecule has 10 heteroatoms. The van der Waals surface area contributed by atoms with Crippen LogP contribution in [-0.2, 0) is 9.59 Å². The molecule has 0 aliphatic carbocycles. The largest absolute Gasteiger partial charge is 0.495 e. The number of imide groups is 1. The summed E-state index contributed by atoms with van der Waals surface area (Å²) in [6, 6.07) is 7.68. The van der Waals surface area contributed by atoms with Crippen LogP contribution in [0, 0.1) is 27.8 Å². The van der Waals surface area contributed by atoms with Crippen molar-refractivity contribution in [1.29, 1.82) is 0 Å². The first-order chi connectivity index (χ1) is 15.8. The fourth-order valence-corrected chi connectivity index (χ4v) is 5.50. The van der Waals surface area contributed by atoms with Crippen LogP contribution in [-0.4, -0.2) is 53.2 Å². The number of carbonyl (C=O) groups excluding carboxylic acids is 3. The summed E-state index contributed by atoms with van der Waals surface area (Å²) in [5.74, 6) is -3.42. The smallest absolute Gasteiger partial charge is 0.271 e. The Morgan fingerprint density at radius 2 is 1.82 bits per heavy atom. The van der Waals surface area contributed by atoms with Gasteiger partial charge in [-0.2, -0.15) is 0 Å². The van der Waals surface area contributed by atoms with Crippen LogP contribution in [0.25, 0.3) is 0 Å². The van der Waals surface area contributed by atoms with E-state index in [2.05, 4.69) is 0 Å². The zero-order valence-corrected chi connectivity index (χ0v) is 17.6. The molecular weight excluding hydrogens is 433 g/mol. The molecule has 2 amide bonds. The van der Waals surface area contributed by atoms with Gasteiger partial charge in [-0.25, -0.2) is 9.29 Å². The number of rotatable bonds is 5. The number of nitro groups is 1. The van der Waals surface area contributed by atoms with Crippen LogP contribution in [0.4, 0.5) is 15.8 Å². The molecule has 170 valence electrons. The van der Waals surface area contributed by atoms with Crippen molar-refractivity contribution in [2.24, 2.45) is 11.8 Å². The van der Waals surface area contributed by atoms with Crippen LogP contribution < -0.4 is 9.64 Å². The number of Topliss-reactive ketones (excluding diaryl/α,β-unsaturated/α-hetero) is 1. The SMILES string of the molecule is COc1ccc([N+](=O)[O-])cc1N1C(=O)[C@@H]2[C@@H](C1=O)[C@@H]1CCCN1[C@@H]2C(=O)c1ccc(F)cc1. The molecule has 4 atom stereocenters. The Morgan fingerprint density at radius 3 is 2.48 bits per heavy atom. The number of non-ortho nitro benzene ring substituents is 1. The second-order valence-corrected chi connectivity index (χ2v) is 8.44. The van der Waals surface area contributed by atoms with Gasteiger partial charge >= 0.3 is 0 Å². The number of hydrogen-bond donors (Lipinski definition) is 0. The Morgan fingerprint density at radius 1 is 1.12 bits per heavy atom. The van der Waals surface area contributed by atoms with Crippen molar-refractivity contribution in [3.8, 4) is 5.75 Å². The van der Waals surface area contributed by atoms with Crippen LogP contribution in [0.15, 0.2) is 42.5 Å². The van der Waals surface area contributed by atoms with Gasteiger partial charge in [0.1, 0.15) is 17.3 Å². The van der Waals surface area contributed by atoms with Gasteiger partial charge in [-0.15, -0.1) is 0 Å². The first-order valence-electron chi connectivity index (χ1n) is 10.6. The number of nitro benzene ring substituents is 1. The van der Waals surface area contributed by atoms with E-state index < -0.39 is 40.4 Å². The second kappa shape index (κ2) is 7.73. The van der Waals surface area contributed by atoms with Crippen molar-refractivity contribution >= 4 is 29.0 Å². The minimum Gasteiger partial charge on any atom is -0.495 e. The van der Waals surface area contributed by atoms with E-state index in [1.165, 1.54) is 43.5 Å². The van der Waals surface area contributed by atoms with Gasteiger partial charge in [0, 0.05) is 23.7 Å². The maximum Gasteiger partial charge on any atom is 0.271 e. The van der Waals surface area contributed by atoms with Crippen molar-refractivity contribution in [2.75, 3.05) is 18.6 Å². The van der Waals surface area contributed by atoms with Gasteiger partial charge in [-0.3, -0.25) is 29.4 Å². The molecule has 3 aliphatic rings. The molecule has 0 N–H and O–H groups in total. The summed E-state index contributed by atoms with van der Waals surface area (Å²) in [4.78, 5) is 54.1. The molecule has 0 saturated carbocycles. The van der Waals surface area contributed by atoms with E-state index >= 15 is 0 Å². The number of ether oxygens (including phenoxy) is 1. The lowest BCUT2D eigenvalue weighted by atomic mass is 9.85. The highest BCUT2D eigenvalue weighted by molar-refractivity contribution is 6.25. The third-order valence-corrected chi connectivity index (χ3v) is 6.86. The Hall–Kier alpha value is -3.66. The molecule has 0 spiro atoms. The average Bonchev–Trinajstić information content (AvgIpc) is 3.45. The molecule has 0 radical (unpaired) electrons. The predicted octanol–water partition coefficient (Wildman–Crippen LogP) is 2.58. The van der Waals surface area contributed by atoms with Gasteiger partial charge in [-0.05, 0) is 49.7 Å². The van der Waals surface area contributed by atoms with Crippen molar-refractivity contribution in [3.63, 3.8) is 0 Å². The average molecular weight is 453 g/mol. The summed E-state index contributed by atoms with van der Waals surface area (Å²) in [5.41, 5.74) is -0.0298. The molecule has 9 nitrogen and oxygen atoms in total. The van der Waals surface area contributed by atoms with E-state index in [9.17, 15) is 28.9 Å². The Labute approximate surface area is 187 Å². The van der Waals surface area contributed by atoms with Gasteiger partial charge in [0.25, 0.3) is 5.69 Å². The summed E-state index contributed by atoms with van der Waals surface area (Å²) < 4.78 is 18.7. The first kappa shape index (κ1) is 21.2. The number of fused-ring (bicyclic) bond motifs is 3. The topological polar surface area (TPSA) is 110 Å². The van der Waals surface area contributed by atoms with E-state index in [4.69, 9.17) is 4.74 Å².